The summed E-state index contributed by atoms with van der Waals surface area (Å²) >= 11 is 0. The molecular weight excluding hydrogens is 315 g/mol. The summed E-state index contributed by atoms with van der Waals surface area (Å²) in [4.78, 5) is 10.8. The molecule has 0 saturated carbocycles. The minimum absolute atomic E-state index is 0. The molecule has 24 heavy (non-hydrogen) atoms. The van der Waals surface area contributed by atoms with E-state index in [1.807, 2.05) is 18.2 Å². The Hall–Kier alpha value is -1.95. The van der Waals surface area contributed by atoms with Crippen LogP contribution in [0, 0.1) is 0 Å². The molecule has 0 aliphatic heterocycles. The molecule has 0 aliphatic rings. The third-order valence-corrected chi connectivity index (χ3v) is 3.59. The zero-order valence-electron chi connectivity index (χ0n) is 13.8. The Morgan fingerprint density at radius 2 is 1.62 bits per heavy atom. The molecule has 0 spiro atoms. The molecule has 0 unspecified atom stereocenters. The minimum atomic E-state index is -1.21. The van der Waals surface area contributed by atoms with Gasteiger partial charge >= 0.3 is 29.6 Å². The smallest absolute Gasteiger partial charge is 0.545 e. The largest absolute Gasteiger partial charge is 1.00 e. The summed E-state index contributed by atoms with van der Waals surface area (Å²) in [5.74, 6) is -0.0193. The fourth-order valence-electron chi connectivity index (χ4n) is 2.24. The van der Waals surface area contributed by atoms with E-state index >= 15 is 0 Å². The first-order valence-electron chi connectivity index (χ1n) is 7.30. The van der Waals surface area contributed by atoms with Gasteiger partial charge in [0.05, 0.1) is 5.97 Å². The van der Waals surface area contributed by atoms with Crippen molar-refractivity contribution in [3.8, 4) is 22.9 Å². The Labute approximate surface area is 162 Å². The molecule has 2 aromatic carbocycles. The van der Waals surface area contributed by atoms with Gasteiger partial charge in [-0.15, -0.1) is 10.2 Å². The number of carboxylic acids is 1. The predicted molar refractivity (Wildman–Crippen MR) is 83.6 cm³/mol. The topological polar surface area (TPSA) is 79.0 Å². The van der Waals surface area contributed by atoms with E-state index in [-0.39, 0.29) is 35.1 Å². The Morgan fingerprint density at radius 3 is 2.21 bits per heavy atom. The summed E-state index contributed by atoms with van der Waals surface area (Å²) in [5.41, 5.74) is 2.83. The van der Waals surface area contributed by atoms with Gasteiger partial charge in [-0.05, 0) is 41.3 Å². The Balaban J connectivity index is 0.00000208. The van der Waals surface area contributed by atoms with E-state index < -0.39 is 5.97 Å². The molecule has 6 heteroatoms. The first-order chi connectivity index (χ1) is 11.0. The molecule has 1 heterocycles. The maximum atomic E-state index is 10.8. The summed E-state index contributed by atoms with van der Waals surface area (Å²) in [5, 5.41) is 18.9. The van der Waals surface area contributed by atoms with E-state index in [2.05, 4.69) is 30.1 Å². The van der Waals surface area contributed by atoms with E-state index in [9.17, 15) is 9.90 Å². The van der Waals surface area contributed by atoms with Gasteiger partial charge in [-0.1, -0.05) is 38.1 Å². The third kappa shape index (κ3) is 3.93. The van der Waals surface area contributed by atoms with Crippen molar-refractivity contribution in [2.45, 2.75) is 19.8 Å². The van der Waals surface area contributed by atoms with Crippen LogP contribution in [0.1, 0.15) is 35.7 Å². The molecule has 0 radical (unpaired) electrons. The molecule has 0 bridgehead atoms. The maximum Gasteiger partial charge on any atom is 1.00 e. The van der Waals surface area contributed by atoms with Gasteiger partial charge in [0.1, 0.15) is 0 Å². The summed E-state index contributed by atoms with van der Waals surface area (Å²) in [6, 6.07) is 14.1. The van der Waals surface area contributed by atoms with E-state index in [0.717, 1.165) is 5.56 Å². The van der Waals surface area contributed by atoms with Crippen LogP contribution in [0.5, 0.6) is 0 Å². The van der Waals surface area contributed by atoms with Crippen LogP contribution in [0.25, 0.3) is 22.9 Å². The standard InChI is InChI=1S/C18H16N2O3.Na/c1-11(2)14-4-3-5-15(10-14)17-20-19-16(23-17)12-6-8-13(9-7-12)18(21)22;/h3-11H,1-2H3,(H,21,22);/q;+1/p-1. The van der Waals surface area contributed by atoms with Crippen LogP contribution >= 0.6 is 0 Å². The third-order valence-electron chi connectivity index (χ3n) is 3.59. The second-order valence-electron chi connectivity index (χ2n) is 5.56. The number of hydrogen-bond acceptors (Lipinski definition) is 5. The van der Waals surface area contributed by atoms with Crippen molar-refractivity contribution in [2.75, 3.05) is 0 Å². The van der Waals surface area contributed by atoms with Gasteiger partial charge in [0.25, 0.3) is 0 Å². The van der Waals surface area contributed by atoms with Gasteiger partial charge in [0, 0.05) is 11.1 Å². The minimum Gasteiger partial charge on any atom is -0.545 e. The summed E-state index contributed by atoms with van der Waals surface area (Å²) < 4.78 is 5.71. The summed E-state index contributed by atoms with van der Waals surface area (Å²) in [6.07, 6.45) is 0. The quantitative estimate of drug-likeness (QED) is 0.624. The fourth-order valence-corrected chi connectivity index (χ4v) is 2.24. The van der Waals surface area contributed by atoms with E-state index in [4.69, 9.17) is 4.42 Å². The fraction of sp³-hybridized carbons (Fsp3) is 0.167. The molecule has 5 nitrogen and oxygen atoms in total. The monoisotopic (exact) mass is 330 g/mol. The number of aromatic nitrogens is 2. The van der Waals surface area contributed by atoms with E-state index in [0.29, 0.717) is 23.3 Å². The van der Waals surface area contributed by atoms with E-state index in [1.54, 1.807) is 12.1 Å². The van der Waals surface area contributed by atoms with Crippen molar-refractivity contribution in [1.82, 2.24) is 10.2 Å². The first-order valence-corrected chi connectivity index (χ1v) is 7.30. The van der Waals surface area contributed by atoms with Gasteiger partial charge < -0.3 is 14.3 Å². The van der Waals surface area contributed by atoms with Gasteiger partial charge in [-0.2, -0.15) is 0 Å². The molecule has 1 aromatic heterocycles. The Morgan fingerprint density at radius 1 is 1.00 bits per heavy atom. The number of benzene rings is 2. The second kappa shape index (κ2) is 7.75. The van der Waals surface area contributed by atoms with Crippen LogP contribution in [-0.4, -0.2) is 16.2 Å². The molecule has 0 N–H and O–H groups in total. The molecule has 116 valence electrons. The van der Waals surface area contributed by atoms with Crippen molar-refractivity contribution in [3.05, 3.63) is 59.7 Å². The van der Waals surface area contributed by atoms with Crippen molar-refractivity contribution in [2.24, 2.45) is 0 Å². The van der Waals surface area contributed by atoms with Gasteiger partial charge in [0.15, 0.2) is 0 Å². The molecule has 0 saturated heterocycles. The predicted octanol–water partition coefficient (Wildman–Crippen LogP) is -0.106. The van der Waals surface area contributed by atoms with Crippen LogP contribution in [0.3, 0.4) is 0 Å². The number of carbonyl (C=O) groups is 1. The van der Waals surface area contributed by atoms with Crippen molar-refractivity contribution >= 4 is 5.97 Å². The van der Waals surface area contributed by atoms with Crippen molar-refractivity contribution < 1.29 is 43.9 Å². The van der Waals surface area contributed by atoms with Crippen LogP contribution in [-0.2, 0) is 0 Å². The van der Waals surface area contributed by atoms with E-state index in [1.165, 1.54) is 17.7 Å². The zero-order valence-corrected chi connectivity index (χ0v) is 15.8. The first kappa shape index (κ1) is 18.4. The molecule has 0 fully saturated rings. The van der Waals surface area contributed by atoms with Crippen LogP contribution in [0.2, 0.25) is 0 Å². The molecule has 0 aliphatic carbocycles. The molecule has 3 rings (SSSR count). The normalized spacial score (nSPS) is 10.5. The summed E-state index contributed by atoms with van der Waals surface area (Å²) in [7, 11) is 0. The molecule has 0 amide bonds. The summed E-state index contributed by atoms with van der Waals surface area (Å²) in [6.45, 7) is 4.24. The van der Waals surface area contributed by atoms with Gasteiger partial charge in [-0.25, -0.2) is 0 Å². The average Bonchev–Trinajstić information content (AvgIpc) is 3.05. The Bertz CT molecular complexity index is 841. The number of carbonyl (C=O) groups excluding carboxylic acids is 1. The molecular formula is C18H15N2NaO3. The van der Waals surface area contributed by atoms with Gasteiger partial charge in [-0.3, -0.25) is 0 Å². The number of hydrogen-bond donors (Lipinski definition) is 0. The van der Waals surface area contributed by atoms with Crippen molar-refractivity contribution in [1.29, 1.82) is 0 Å². The van der Waals surface area contributed by atoms with Crippen LogP contribution in [0.15, 0.2) is 52.9 Å². The SMILES string of the molecule is CC(C)c1cccc(-c2nnc(-c3ccc(C(=O)[O-])cc3)o2)c1.[Na+]. The number of carboxylic acid groups (broad SMARTS) is 1. The molecule has 3 aromatic rings. The van der Waals surface area contributed by atoms with Crippen LogP contribution < -0.4 is 34.7 Å². The van der Waals surface area contributed by atoms with Crippen molar-refractivity contribution in [3.63, 3.8) is 0 Å². The maximum absolute atomic E-state index is 10.8. The van der Waals surface area contributed by atoms with Gasteiger partial charge in [0.2, 0.25) is 11.8 Å². The second-order valence-corrected chi connectivity index (χ2v) is 5.56. The number of aromatic carboxylic acids is 1. The van der Waals surface area contributed by atoms with Crippen LogP contribution in [0.4, 0.5) is 0 Å². The Kier molecular flexibility index (Phi) is 5.94. The molecule has 0 atom stereocenters. The number of rotatable bonds is 4. The number of nitrogens with zero attached hydrogens (tertiary/aromatic N) is 2. The zero-order chi connectivity index (χ0) is 16.4. The average molecular weight is 330 g/mol.